The smallest absolute Gasteiger partial charge is 0.396 e. The van der Waals surface area contributed by atoms with Crippen LogP contribution in [0.5, 0.6) is 0 Å². The molecule has 1 aromatic carbocycles. The Balaban J connectivity index is 2.78. The molecule has 1 heterocycles. The lowest BCUT2D eigenvalue weighted by Gasteiger charge is -2.17. The zero-order valence-electron chi connectivity index (χ0n) is 13.3. The van der Waals surface area contributed by atoms with Crippen LogP contribution in [-0.4, -0.2) is 24.8 Å². The Kier molecular flexibility index (Phi) is 4.60. The molecule has 23 heavy (non-hydrogen) atoms. The van der Waals surface area contributed by atoms with Crippen LogP contribution in [0.25, 0.3) is 10.9 Å². The predicted octanol–water partition coefficient (Wildman–Crippen LogP) is 3.53. The average molecular weight is 340 g/mol. The maximum absolute atomic E-state index is 13.1. The summed E-state index contributed by atoms with van der Waals surface area (Å²) in [5, 5.41) is 19.8. The molecule has 0 aliphatic heterocycles. The summed E-state index contributed by atoms with van der Waals surface area (Å²) in [6, 6.07) is 4.01. The molecule has 2 N–H and O–H groups in total. The van der Waals surface area contributed by atoms with Crippen LogP contribution in [0.2, 0.25) is 19.6 Å². The highest BCUT2D eigenvalue weighted by Gasteiger charge is 2.35. The third-order valence-corrected chi connectivity index (χ3v) is 5.73. The van der Waals surface area contributed by atoms with Gasteiger partial charge in [-0.25, -0.2) is 0 Å². The Morgan fingerprint density at radius 1 is 1.26 bits per heavy atom. The zero-order chi connectivity index (χ0) is 17.4. The third kappa shape index (κ3) is 3.43. The SMILES string of the molecule is C[Si](C)(C)c1[nH]c2cc(C(F)(F)F)c(C#N)cc2c1CCCO. The van der Waals surface area contributed by atoms with E-state index in [1.807, 2.05) is 0 Å². The van der Waals surface area contributed by atoms with E-state index in [-0.39, 0.29) is 12.2 Å². The molecule has 3 nitrogen and oxygen atoms in total. The van der Waals surface area contributed by atoms with Crippen LogP contribution in [0.3, 0.4) is 0 Å². The first-order valence-electron chi connectivity index (χ1n) is 7.37. The van der Waals surface area contributed by atoms with Crippen LogP contribution >= 0.6 is 0 Å². The summed E-state index contributed by atoms with van der Waals surface area (Å²) in [4.78, 5) is 3.15. The Morgan fingerprint density at radius 3 is 2.39 bits per heavy atom. The van der Waals surface area contributed by atoms with Crippen molar-refractivity contribution in [3.8, 4) is 6.07 Å². The maximum Gasteiger partial charge on any atom is 0.417 e. The van der Waals surface area contributed by atoms with E-state index in [1.54, 1.807) is 6.07 Å². The quantitative estimate of drug-likeness (QED) is 0.837. The molecule has 0 saturated heterocycles. The Morgan fingerprint density at radius 2 is 1.91 bits per heavy atom. The van der Waals surface area contributed by atoms with Crippen molar-refractivity contribution in [1.29, 1.82) is 5.26 Å². The minimum atomic E-state index is -4.56. The Hall–Kier alpha value is -1.78. The number of aliphatic hydroxyl groups is 1. The summed E-state index contributed by atoms with van der Waals surface area (Å²) in [5.41, 5.74) is 0.0566. The Labute approximate surface area is 133 Å². The number of nitrogens with zero attached hydrogens (tertiary/aromatic N) is 1. The number of H-pyrrole nitrogens is 1. The second-order valence-electron chi connectivity index (χ2n) is 6.61. The molecule has 2 rings (SSSR count). The summed E-state index contributed by atoms with van der Waals surface area (Å²) < 4.78 is 39.4. The van der Waals surface area contributed by atoms with E-state index in [0.717, 1.165) is 16.9 Å². The van der Waals surface area contributed by atoms with Gasteiger partial charge in [0.05, 0.1) is 25.3 Å². The van der Waals surface area contributed by atoms with Crippen molar-refractivity contribution in [2.75, 3.05) is 6.61 Å². The summed E-state index contributed by atoms with van der Waals surface area (Å²) in [6.07, 6.45) is -3.45. The number of fused-ring (bicyclic) bond motifs is 1. The molecule has 0 fully saturated rings. The number of hydrogen-bond acceptors (Lipinski definition) is 2. The standard InChI is InChI=1S/C16H19F3N2OSi/c1-23(2,3)15-11(5-4-6-22)12-7-10(9-20)13(16(17,18)19)8-14(12)21-15/h7-8,21-22H,4-6H2,1-3H3. The second kappa shape index (κ2) is 6.02. The molecule has 1 aromatic heterocycles. The van der Waals surface area contributed by atoms with Gasteiger partial charge in [0.2, 0.25) is 0 Å². The molecule has 0 atom stereocenters. The van der Waals surface area contributed by atoms with Gasteiger partial charge in [0, 0.05) is 22.8 Å². The number of nitriles is 1. The number of aliphatic hydroxyl groups excluding tert-OH is 1. The Bertz CT molecular complexity index is 767. The molecule has 0 radical (unpaired) electrons. The third-order valence-electron chi connectivity index (χ3n) is 3.80. The van der Waals surface area contributed by atoms with E-state index in [0.29, 0.717) is 23.7 Å². The minimum Gasteiger partial charge on any atom is -0.396 e. The monoisotopic (exact) mass is 340 g/mol. The number of aryl methyl sites for hydroxylation is 1. The highest BCUT2D eigenvalue weighted by molar-refractivity contribution is 6.88. The fourth-order valence-corrected chi connectivity index (χ4v) is 4.45. The van der Waals surface area contributed by atoms with Crippen molar-refractivity contribution in [2.45, 2.75) is 38.7 Å². The van der Waals surface area contributed by atoms with E-state index in [2.05, 4.69) is 24.6 Å². The molecular formula is C16H19F3N2OSi. The molecule has 0 saturated carbocycles. The number of aromatic nitrogens is 1. The van der Waals surface area contributed by atoms with E-state index in [4.69, 9.17) is 10.4 Å². The lowest BCUT2D eigenvalue weighted by Crippen LogP contribution is -2.40. The lowest BCUT2D eigenvalue weighted by molar-refractivity contribution is -0.137. The summed E-state index contributed by atoms with van der Waals surface area (Å²) in [5.74, 6) is 0. The van der Waals surface area contributed by atoms with E-state index < -0.39 is 19.8 Å². The van der Waals surface area contributed by atoms with Gasteiger partial charge in [0.15, 0.2) is 0 Å². The number of hydrogen-bond donors (Lipinski definition) is 2. The van der Waals surface area contributed by atoms with Gasteiger partial charge in [-0.05, 0) is 30.5 Å². The lowest BCUT2D eigenvalue weighted by atomic mass is 10.0. The summed E-state index contributed by atoms with van der Waals surface area (Å²) in [6.45, 7) is 6.34. The number of nitrogens with one attached hydrogen (secondary N) is 1. The predicted molar refractivity (Wildman–Crippen MR) is 86.4 cm³/mol. The fourth-order valence-electron chi connectivity index (χ4n) is 2.78. The molecule has 124 valence electrons. The fraction of sp³-hybridized carbons (Fsp3) is 0.438. The number of aromatic amines is 1. The molecule has 0 aliphatic carbocycles. The van der Waals surface area contributed by atoms with Crippen molar-refractivity contribution in [2.24, 2.45) is 0 Å². The molecule has 0 spiro atoms. The summed E-state index contributed by atoms with van der Waals surface area (Å²) >= 11 is 0. The van der Waals surface area contributed by atoms with Crippen LogP contribution in [0.15, 0.2) is 12.1 Å². The molecule has 0 amide bonds. The van der Waals surface area contributed by atoms with Gasteiger partial charge in [0.25, 0.3) is 0 Å². The minimum absolute atomic E-state index is 0.0174. The van der Waals surface area contributed by atoms with Crippen molar-refractivity contribution < 1.29 is 18.3 Å². The number of alkyl halides is 3. The first kappa shape index (κ1) is 17.6. The highest BCUT2D eigenvalue weighted by atomic mass is 28.3. The number of rotatable bonds is 4. The largest absolute Gasteiger partial charge is 0.417 e. The van der Waals surface area contributed by atoms with Crippen LogP contribution in [-0.2, 0) is 12.6 Å². The second-order valence-corrected chi connectivity index (χ2v) is 11.6. The highest BCUT2D eigenvalue weighted by Crippen LogP contribution is 2.35. The molecule has 2 aromatic rings. The van der Waals surface area contributed by atoms with E-state index in [1.165, 1.54) is 6.07 Å². The van der Waals surface area contributed by atoms with Gasteiger partial charge in [-0.2, -0.15) is 18.4 Å². The van der Waals surface area contributed by atoms with Crippen molar-refractivity contribution in [1.82, 2.24) is 4.98 Å². The normalized spacial score (nSPS) is 12.6. The van der Waals surface area contributed by atoms with Gasteiger partial charge in [-0.15, -0.1) is 0 Å². The first-order chi connectivity index (χ1) is 10.6. The van der Waals surface area contributed by atoms with Crippen LogP contribution in [0, 0.1) is 11.3 Å². The average Bonchev–Trinajstić information content (AvgIpc) is 2.80. The zero-order valence-corrected chi connectivity index (χ0v) is 14.3. The van der Waals surface area contributed by atoms with Gasteiger partial charge < -0.3 is 10.1 Å². The topological polar surface area (TPSA) is 59.8 Å². The van der Waals surface area contributed by atoms with Gasteiger partial charge in [-0.3, -0.25) is 0 Å². The molecule has 0 unspecified atom stereocenters. The molecule has 7 heteroatoms. The van der Waals surface area contributed by atoms with Crippen molar-refractivity contribution in [3.05, 3.63) is 28.8 Å². The summed E-state index contributed by atoms with van der Waals surface area (Å²) in [7, 11) is -1.80. The van der Waals surface area contributed by atoms with Crippen LogP contribution in [0.4, 0.5) is 13.2 Å². The molecular weight excluding hydrogens is 321 g/mol. The molecule has 0 aliphatic rings. The van der Waals surface area contributed by atoms with Gasteiger partial charge in [-0.1, -0.05) is 19.6 Å². The van der Waals surface area contributed by atoms with Crippen molar-refractivity contribution >= 4 is 24.3 Å². The maximum atomic E-state index is 13.1. The van der Waals surface area contributed by atoms with Crippen molar-refractivity contribution in [3.63, 3.8) is 0 Å². The van der Waals surface area contributed by atoms with E-state index >= 15 is 0 Å². The van der Waals surface area contributed by atoms with Gasteiger partial charge in [0.1, 0.15) is 0 Å². The first-order valence-corrected chi connectivity index (χ1v) is 10.9. The molecule has 0 bridgehead atoms. The van der Waals surface area contributed by atoms with Crippen LogP contribution < -0.4 is 5.32 Å². The van der Waals surface area contributed by atoms with Gasteiger partial charge >= 0.3 is 6.18 Å². The number of halogens is 3. The van der Waals surface area contributed by atoms with E-state index in [9.17, 15) is 13.2 Å². The number of benzene rings is 1. The van der Waals surface area contributed by atoms with Crippen LogP contribution in [0.1, 0.15) is 23.1 Å².